The molecule has 1 saturated heterocycles. The van der Waals surface area contributed by atoms with Crippen molar-refractivity contribution < 1.29 is 13.6 Å². The van der Waals surface area contributed by atoms with Crippen LogP contribution < -0.4 is 10.6 Å². The summed E-state index contributed by atoms with van der Waals surface area (Å²) in [5.41, 5.74) is 8.57. The molecule has 0 radical (unpaired) electrons. The van der Waals surface area contributed by atoms with Crippen molar-refractivity contribution in [1.82, 2.24) is 4.98 Å². The number of pyridine rings is 1. The Hall–Kier alpha value is -2.24. The molecule has 0 atom stereocenters. The fourth-order valence-electron chi connectivity index (χ4n) is 3.05. The van der Waals surface area contributed by atoms with Gasteiger partial charge in [0.15, 0.2) is 0 Å². The Morgan fingerprint density at radius 3 is 2.38 bits per heavy atom. The summed E-state index contributed by atoms with van der Waals surface area (Å²) in [6, 6.07) is 5.41. The predicted octanol–water partition coefficient (Wildman–Crippen LogP) is 3.39. The molecule has 1 aromatic heterocycles. The molecule has 1 aliphatic heterocycles. The molecule has 0 spiro atoms. The van der Waals surface area contributed by atoms with Gasteiger partial charge >= 0.3 is 0 Å². The number of alkyl halides is 2. The molecule has 2 N–H and O–H groups in total. The van der Waals surface area contributed by atoms with E-state index in [1.54, 1.807) is 11.0 Å². The molecule has 1 fully saturated rings. The number of nitrogens with two attached hydrogens (primary N) is 1. The van der Waals surface area contributed by atoms with Crippen molar-refractivity contribution in [2.24, 2.45) is 5.73 Å². The highest BCUT2D eigenvalue weighted by atomic mass is 19.3. The highest BCUT2D eigenvalue weighted by molar-refractivity contribution is 5.97. The van der Waals surface area contributed by atoms with Crippen molar-refractivity contribution in [2.45, 2.75) is 39.0 Å². The van der Waals surface area contributed by atoms with Gasteiger partial charge in [-0.25, -0.2) is 13.8 Å². The van der Waals surface area contributed by atoms with Crippen molar-refractivity contribution in [3.8, 4) is 0 Å². The van der Waals surface area contributed by atoms with E-state index in [1.807, 2.05) is 39.8 Å². The van der Waals surface area contributed by atoms with E-state index >= 15 is 0 Å². The summed E-state index contributed by atoms with van der Waals surface area (Å²) in [5, 5.41) is 0.859. The minimum atomic E-state index is -2.63. The van der Waals surface area contributed by atoms with Crippen molar-refractivity contribution >= 4 is 22.5 Å². The van der Waals surface area contributed by atoms with E-state index in [9.17, 15) is 13.6 Å². The number of carbonyl (C=O) groups is 1. The number of aromatic nitrogens is 1. The first kappa shape index (κ1) is 16.6. The number of rotatable bonds is 2. The van der Waals surface area contributed by atoms with Crippen LogP contribution in [0.15, 0.2) is 18.2 Å². The molecule has 0 aliphatic carbocycles. The van der Waals surface area contributed by atoms with Crippen LogP contribution in [0.25, 0.3) is 10.9 Å². The van der Waals surface area contributed by atoms with Gasteiger partial charge in [0.25, 0.3) is 11.8 Å². The minimum absolute atomic E-state index is 0.216. The number of hydrogen-bond donors (Lipinski definition) is 1. The third-order valence-corrected chi connectivity index (χ3v) is 4.37. The number of aryl methyl sites for hydroxylation is 1. The van der Waals surface area contributed by atoms with Gasteiger partial charge in [-0.2, -0.15) is 0 Å². The second-order valence-corrected chi connectivity index (χ2v) is 7.54. The molecule has 2 aromatic rings. The first-order valence-electron chi connectivity index (χ1n) is 7.86. The van der Waals surface area contributed by atoms with E-state index in [1.165, 1.54) is 0 Å². The lowest BCUT2D eigenvalue weighted by molar-refractivity contribution is -0.0262. The van der Waals surface area contributed by atoms with Crippen LogP contribution in [-0.2, 0) is 5.41 Å². The van der Waals surface area contributed by atoms with E-state index in [-0.39, 0.29) is 24.2 Å². The summed E-state index contributed by atoms with van der Waals surface area (Å²) in [6.45, 7) is 7.43. The van der Waals surface area contributed by atoms with E-state index in [2.05, 4.69) is 4.98 Å². The van der Waals surface area contributed by atoms with Gasteiger partial charge < -0.3 is 10.6 Å². The average molecular weight is 333 g/mol. The van der Waals surface area contributed by atoms with Crippen LogP contribution in [0.5, 0.6) is 0 Å². The molecule has 0 saturated carbocycles. The van der Waals surface area contributed by atoms with Crippen molar-refractivity contribution in [2.75, 3.05) is 18.0 Å². The quantitative estimate of drug-likeness (QED) is 0.916. The molecule has 6 heteroatoms. The highest BCUT2D eigenvalue weighted by Crippen LogP contribution is 2.38. The first-order chi connectivity index (χ1) is 11.0. The van der Waals surface area contributed by atoms with Gasteiger partial charge in [-0.1, -0.05) is 20.8 Å². The Bertz CT molecular complexity index is 832. The summed E-state index contributed by atoms with van der Waals surface area (Å²) < 4.78 is 26.5. The second kappa shape index (κ2) is 5.13. The third kappa shape index (κ3) is 2.81. The number of halogens is 2. The van der Waals surface area contributed by atoms with Crippen LogP contribution in [0.2, 0.25) is 0 Å². The van der Waals surface area contributed by atoms with Gasteiger partial charge in [-0.05, 0) is 41.7 Å². The molecular weight excluding hydrogens is 312 g/mol. The maximum absolute atomic E-state index is 13.2. The van der Waals surface area contributed by atoms with Gasteiger partial charge in [0.1, 0.15) is 5.69 Å². The number of nitrogens with zero attached hydrogens (tertiary/aromatic N) is 2. The standard InChI is InChI=1S/C18H21F2N3O/c1-10-5-14(16(21)24)22-15-12(10)6-11(7-13(15)17(2,3)4)23-8-18(19,20)9-23/h5-7H,8-9H2,1-4H3,(H2,21,24). The zero-order chi connectivity index (χ0) is 17.9. The van der Waals surface area contributed by atoms with Crippen LogP contribution in [0.4, 0.5) is 14.5 Å². The summed E-state index contributed by atoms with van der Waals surface area (Å²) in [6.07, 6.45) is 0. The Morgan fingerprint density at radius 2 is 1.88 bits per heavy atom. The highest BCUT2D eigenvalue weighted by Gasteiger charge is 2.44. The molecule has 24 heavy (non-hydrogen) atoms. The van der Waals surface area contributed by atoms with E-state index in [0.29, 0.717) is 5.52 Å². The first-order valence-corrected chi connectivity index (χ1v) is 7.86. The Morgan fingerprint density at radius 1 is 1.25 bits per heavy atom. The molecule has 0 unspecified atom stereocenters. The van der Waals surface area contributed by atoms with Crippen LogP contribution in [0, 0.1) is 6.92 Å². The zero-order valence-corrected chi connectivity index (χ0v) is 14.3. The Labute approximate surface area is 139 Å². The van der Waals surface area contributed by atoms with Crippen LogP contribution in [0.3, 0.4) is 0 Å². The lowest BCUT2D eigenvalue weighted by atomic mass is 9.84. The molecule has 128 valence electrons. The normalized spacial score (nSPS) is 17.0. The largest absolute Gasteiger partial charge is 0.364 e. The van der Waals surface area contributed by atoms with Gasteiger partial charge in [0, 0.05) is 11.1 Å². The number of primary amides is 1. The number of benzene rings is 1. The summed E-state index contributed by atoms with van der Waals surface area (Å²) in [5.74, 6) is -3.20. The second-order valence-electron chi connectivity index (χ2n) is 7.54. The lowest BCUT2D eigenvalue weighted by Crippen LogP contribution is -2.56. The molecule has 2 heterocycles. The third-order valence-electron chi connectivity index (χ3n) is 4.37. The molecule has 1 aromatic carbocycles. The molecule has 0 bridgehead atoms. The average Bonchev–Trinajstić information content (AvgIpc) is 2.42. The lowest BCUT2D eigenvalue weighted by Gasteiger charge is -2.41. The maximum atomic E-state index is 13.2. The molecule has 3 rings (SSSR count). The van der Waals surface area contributed by atoms with Crippen LogP contribution in [0.1, 0.15) is 42.4 Å². The fraction of sp³-hybridized carbons (Fsp3) is 0.444. The predicted molar refractivity (Wildman–Crippen MR) is 90.9 cm³/mol. The molecule has 1 aliphatic rings. The number of fused-ring (bicyclic) bond motifs is 1. The maximum Gasteiger partial charge on any atom is 0.282 e. The van der Waals surface area contributed by atoms with Gasteiger partial charge in [0.2, 0.25) is 0 Å². The number of carbonyl (C=O) groups excluding carboxylic acids is 1. The number of hydrogen-bond acceptors (Lipinski definition) is 3. The summed E-state index contributed by atoms with van der Waals surface area (Å²) >= 11 is 0. The van der Waals surface area contributed by atoms with E-state index in [0.717, 1.165) is 22.2 Å². The topological polar surface area (TPSA) is 59.2 Å². The monoisotopic (exact) mass is 333 g/mol. The fourth-order valence-corrected chi connectivity index (χ4v) is 3.05. The van der Waals surface area contributed by atoms with Gasteiger partial charge in [0.05, 0.1) is 18.6 Å². The van der Waals surface area contributed by atoms with Gasteiger partial charge in [-0.3, -0.25) is 4.79 Å². The van der Waals surface area contributed by atoms with E-state index in [4.69, 9.17) is 5.73 Å². The van der Waals surface area contributed by atoms with E-state index < -0.39 is 11.8 Å². The van der Waals surface area contributed by atoms with Crippen molar-refractivity contribution in [3.63, 3.8) is 0 Å². The Balaban J connectivity index is 2.23. The van der Waals surface area contributed by atoms with Crippen molar-refractivity contribution in [1.29, 1.82) is 0 Å². The van der Waals surface area contributed by atoms with Crippen LogP contribution >= 0.6 is 0 Å². The number of amides is 1. The van der Waals surface area contributed by atoms with Gasteiger partial charge in [-0.15, -0.1) is 0 Å². The SMILES string of the molecule is Cc1cc(C(N)=O)nc2c(C(C)(C)C)cc(N3CC(F)(F)C3)cc12. The van der Waals surface area contributed by atoms with Crippen molar-refractivity contribution in [3.05, 3.63) is 35.0 Å². The summed E-state index contributed by atoms with van der Waals surface area (Å²) in [4.78, 5) is 17.6. The summed E-state index contributed by atoms with van der Waals surface area (Å²) in [7, 11) is 0. The van der Waals surface area contributed by atoms with Crippen LogP contribution in [-0.4, -0.2) is 29.9 Å². The smallest absolute Gasteiger partial charge is 0.282 e. The zero-order valence-electron chi connectivity index (χ0n) is 14.3. The molecule has 4 nitrogen and oxygen atoms in total. The molecule has 1 amide bonds. The molecular formula is C18H21F2N3O. The number of anilines is 1. The Kier molecular flexibility index (Phi) is 3.55. The minimum Gasteiger partial charge on any atom is -0.364 e.